The van der Waals surface area contributed by atoms with E-state index in [0.29, 0.717) is 19.5 Å². The van der Waals surface area contributed by atoms with E-state index in [0.717, 1.165) is 6.26 Å². The van der Waals surface area contributed by atoms with Crippen LogP contribution in [0.1, 0.15) is 6.42 Å². The van der Waals surface area contributed by atoms with Crippen molar-refractivity contribution in [2.75, 3.05) is 26.1 Å². The fourth-order valence-corrected chi connectivity index (χ4v) is 1.66. The van der Waals surface area contributed by atoms with Gasteiger partial charge in [0.1, 0.15) is 6.73 Å². The smallest absolute Gasteiger partial charge is 0.307 e. The van der Waals surface area contributed by atoms with E-state index in [1.54, 1.807) is 4.90 Å². The van der Waals surface area contributed by atoms with Crippen molar-refractivity contribution in [3.05, 3.63) is 0 Å². The van der Waals surface area contributed by atoms with Crippen LogP contribution in [0.25, 0.3) is 0 Å². The number of carboxylic acids is 1. The van der Waals surface area contributed by atoms with Gasteiger partial charge in [-0.1, -0.05) is 0 Å². The molecule has 1 atom stereocenters. The molecule has 1 unspecified atom stereocenters. The minimum absolute atomic E-state index is 0.0530. The maximum atomic E-state index is 10.6. The van der Waals surface area contributed by atoms with Crippen LogP contribution in [0.2, 0.25) is 0 Å². The standard InChI is InChI=1S/C7H13NO5S/c1-14(11,12)13-5-8-3-2-6(4-8)7(9)10/h6H,2-5H2,1H3,(H,9,10). The van der Waals surface area contributed by atoms with Gasteiger partial charge < -0.3 is 5.11 Å². The van der Waals surface area contributed by atoms with Crippen LogP contribution < -0.4 is 0 Å². The van der Waals surface area contributed by atoms with E-state index >= 15 is 0 Å². The highest BCUT2D eigenvalue weighted by Crippen LogP contribution is 2.15. The quantitative estimate of drug-likeness (QED) is 0.636. The summed E-state index contributed by atoms with van der Waals surface area (Å²) in [4.78, 5) is 12.2. The summed E-state index contributed by atoms with van der Waals surface area (Å²) in [5.74, 6) is -1.25. The first-order chi connectivity index (χ1) is 6.38. The van der Waals surface area contributed by atoms with Gasteiger partial charge in [0, 0.05) is 13.1 Å². The van der Waals surface area contributed by atoms with Gasteiger partial charge in [-0.25, -0.2) is 0 Å². The first-order valence-electron chi connectivity index (χ1n) is 4.18. The second-order valence-corrected chi connectivity index (χ2v) is 5.00. The predicted molar refractivity (Wildman–Crippen MR) is 48.1 cm³/mol. The zero-order valence-corrected chi connectivity index (χ0v) is 8.66. The largest absolute Gasteiger partial charge is 0.481 e. The van der Waals surface area contributed by atoms with Crippen LogP contribution in [0.3, 0.4) is 0 Å². The van der Waals surface area contributed by atoms with Gasteiger partial charge in [-0.15, -0.1) is 0 Å². The van der Waals surface area contributed by atoms with Gasteiger partial charge in [0.2, 0.25) is 0 Å². The van der Waals surface area contributed by atoms with E-state index in [4.69, 9.17) is 5.11 Å². The van der Waals surface area contributed by atoms with Gasteiger partial charge in [0.25, 0.3) is 10.1 Å². The van der Waals surface area contributed by atoms with E-state index in [1.165, 1.54) is 0 Å². The van der Waals surface area contributed by atoms with E-state index < -0.39 is 22.0 Å². The molecule has 0 radical (unpaired) electrons. The third-order valence-corrected chi connectivity index (χ3v) is 2.60. The summed E-state index contributed by atoms with van der Waals surface area (Å²) in [7, 11) is -3.44. The van der Waals surface area contributed by atoms with Crippen molar-refractivity contribution in [3.8, 4) is 0 Å². The second kappa shape index (κ2) is 4.24. The Bertz CT molecular complexity index is 312. The molecule has 1 aliphatic rings. The van der Waals surface area contributed by atoms with Crippen LogP contribution in [0.5, 0.6) is 0 Å². The molecular formula is C7H13NO5S. The van der Waals surface area contributed by atoms with Gasteiger partial charge in [-0.3, -0.25) is 13.9 Å². The number of carboxylic acid groups (broad SMARTS) is 1. The molecule has 0 bridgehead atoms. The van der Waals surface area contributed by atoms with Gasteiger partial charge >= 0.3 is 5.97 Å². The average molecular weight is 223 g/mol. The van der Waals surface area contributed by atoms with Crippen LogP contribution in [-0.2, 0) is 19.1 Å². The highest BCUT2D eigenvalue weighted by atomic mass is 32.2. The molecule has 14 heavy (non-hydrogen) atoms. The number of hydrogen-bond donors (Lipinski definition) is 1. The Kier molecular flexibility index (Phi) is 3.46. The van der Waals surface area contributed by atoms with Gasteiger partial charge in [-0.05, 0) is 6.42 Å². The topological polar surface area (TPSA) is 83.9 Å². The van der Waals surface area contributed by atoms with Gasteiger partial charge in [0.05, 0.1) is 12.2 Å². The Hall–Kier alpha value is -0.660. The van der Waals surface area contributed by atoms with Gasteiger partial charge in [-0.2, -0.15) is 8.42 Å². The van der Waals surface area contributed by atoms with Crippen molar-refractivity contribution in [1.29, 1.82) is 0 Å². The summed E-state index contributed by atoms with van der Waals surface area (Å²) >= 11 is 0. The third kappa shape index (κ3) is 3.60. The molecule has 0 aromatic carbocycles. The molecule has 0 aromatic heterocycles. The molecule has 1 N–H and O–H groups in total. The highest BCUT2D eigenvalue weighted by molar-refractivity contribution is 7.85. The lowest BCUT2D eigenvalue weighted by atomic mass is 10.1. The lowest BCUT2D eigenvalue weighted by Crippen LogP contribution is -2.27. The number of rotatable bonds is 4. The SMILES string of the molecule is CS(=O)(=O)OCN1CCC(C(=O)O)C1. The summed E-state index contributed by atoms with van der Waals surface area (Å²) in [5, 5.41) is 8.67. The molecule has 1 heterocycles. The number of hydrogen-bond acceptors (Lipinski definition) is 5. The summed E-state index contributed by atoms with van der Waals surface area (Å²) < 4.78 is 25.8. The molecule has 1 fully saturated rings. The van der Waals surface area contributed by atoms with E-state index in [-0.39, 0.29) is 6.73 Å². The third-order valence-electron chi connectivity index (χ3n) is 2.07. The minimum Gasteiger partial charge on any atom is -0.481 e. The second-order valence-electron chi connectivity index (χ2n) is 3.35. The monoisotopic (exact) mass is 223 g/mol. The Balaban J connectivity index is 2.33. The molecule has 82 valence electrons. The number of nitrogens with zero attached hydrogens (tertiary/aromatic N) is 1. The van der Waals surface area contributed by atoms with Crippen molar-refractivity contribution in [2.45, 2.75) is 6.42 Å². The van der Waals surface area contributed by atoms with Gasteiger partial charge in [0.15, 0.2) is 0 Å². The van der Waals surface area contributed by atoms with Crippen LogP contribution in [0.15, 0.2) is 0 Å². The molecule has 0 aromatic rings. The molecule has 0 spiro atoms. The molecule has 1 saturated heterocycles. The fourth-order valence-electron chi connectivity index (χ4n) is 1.32. The van der Waals surface area contributed by atoms with Crippen molar-refractivity contribution >= 4 is 16.1 Å². The maximum absolute atomic E-state index is 10.6. The fraction of sp³-hybridized carbons (Fsp3) is 0.857. The molecule has 0 saturated carbocycles. The number of likely N-dealkylation sites (tertiary alicyclic amines) is 1. The molecule has 0 aliphatic carbocycles. The minimum atomic E-state index is -3.44. The molecular weight excluding hydrogens is 210 g/mol. The van der Waals surface area contributed by atoms with Crippen LogP contribution >= 0.6 is 0 Å². The lowest BCUT2D eigenvalue weighted by Gasteiger charge is -2.13. The van der Waals surface area contributed by atoms with E-state index in [2.05, 4.69) is 4.18 Å². The predicted octanol–water partition coefficient (Wildman–Crippen LogP) is -0.673. The van der Waals surface area contributed by atoms with Crippen LogP contribution in [0, 0.1) is 5.92 Å². The van der Waals surface area contributed by atoms with Crippen molar-refractivity contribution in [3.63, 3.8) is 0 Å². The Morgan fingerprint density at radius 1 is 1.64 bits per heavy atom. The Morgan fingerprint density at radius 2 is 2.29 bits per heavy atom. The Morgan fingerprint density at radius 3 is 2.71 bits per heavy atom. The maximum Gasteiger partial charge on any atom is 0.307 e. The molecule has 7 heteroatoms. The molecule has 1 rings (SSSR count). The molecule has 1 aliphatic heterocycles. The average Bonchev–Trinajstić information content (AvgIpc) is 2.47. The summed E-state index contributed by atoms with van der Waals surface area (Å²) in [5.41, 5.74) is 0. The Labute approximate surface area is 82.6 Å². The van der Waals surface area contributed by atoms with Crippen LogP contribution in [0.4, 0.5) is 0 Å². The van der Waals surface area contributed by atoms with E-state index in [1.807, 2.05) is 0 Å². The van der Waals surface area contributed by atoms with Crippen molar-refractivity contribution < 1.29 is 22.5 Å². The van der Waals surface area contributed by atoms with Crippen LogP contribution in [-0.4, -0.2) is 50.5 Å². The summed E-state index contributed by atoms with van der Waals surface area (Å²) in [6.45, 7) is 0.861. The summed E-state index contributed by atoms with van der Waals surface area (Å²) in [6, 6.07) is 0. The van der Waals surface area contributed by atoms with Crippen molar-refractivity contribution in [1.82, 2.24) is 4.90 Å². The number of carbonyl (C=O) groups is 1. The zero-order chi connectivity index (χ0) is 10.8. The molecule has 0 amide bonds. The first-order valence-corrected chi connectivity index (χ1v) is 6.00. The van der Waals surface area contributed by atoms with E-state index in [9.17, 15) is 13.2 Å². The summed E-state index contributed by atoms with van der Waals surface area (Å²) in [6.07, 6.45) is 1.51. The highest BCUT2D eigenvalue weighted by Gasteiger charge is 2.28. The normalized spacial score (nSPS) is 23.9. The number of aliphatic carboxylic acids is 1. The zero-order valence-electron chi connectivity index (χ0n) is 7.84. The van der Waals surface area contributed by atoms with Crippen molar-refractivity contribution in [2.24, 2.45) is 5.92 Å². The first kappa shape index (κ1) is 11.4. The lowest BCUT2D eigenvalue weighted by molar-refractivity contribution is -0.141. The molecule has 6 nitrogen and oxygen atoms in total.